The Morgan fingerprint density at radius 1 is 1.08 bits per heavy atom. The molecule has 6 nitrogen and oxygen atoms in total. The highest BCUT2D eigenvalue weighted by Gasteiger charge is 2.19. The topological polar surface area (TPSA) is 64.2 Å². The molecule has 0 saturated heterocycles. The van der Waals surface area contributed by atoms with Gasteiger partial charge in [0.25, 0.3) is 5.91 Å². The van der Waals surface area contributed by atoms with Crippen LogP contribution in [0.4, 0.5) is 10.1 Å². The normalized spacial score (nSPS) is 11.7. The molecule has 3 heterocycles. The summed E-state index contributed by atoms with van der Waals surface area (Å²) in [5.74, 6) is -0.885. The number of hydrogen-bond donors (Lipinski definition) is 1. The Bertz CT molecular complexity index is 1600. The number of rotatable bonds is 4. The lowest BCUT2D eigenvalue weighted by Crippen LogP contribution is -2.17. The number of amides is 1. The Morgan fingerprint density at radius 2 is 1.89 bits per heavy atom. The van der Waals surface area contributed by atoms with Crippen LogP contribution in [0.3, 0.4) is 0 Å². The number of nitrogens with zero attached hydrogens (tertiary/aromatic N) is 4. The highest BCUT2D eigenvalue weighted by molar-refractivity contribution is 9.10. The van der Waals surface area contributed by atoms with Crippen molar-refractivity contribution in [2.24, 2.45) is 0 Å². The molecule has 5 aromatic rings. The third-order valence-corrected chi connectivity index (χ3v) is 6.57. The summed E-state index contributed by atoms with van der Waals surface area (Å²) in [6.07, 6.45) is 7.14. The number of imidazole rings is 1. The maximum absolute atomic E-state index is 15.0. The maximum Gasteiger partial charge on any atom is 0.255 e. The summed E-state index contributed by atoms with van der Waals surface area (Å²) in [5.41, 5.74) is 5.34. The molecule has 0 fully saturated rings. The summed E-state index contributed by atoms with van der Waals surface area (Å²) in [6, 6.07) is 14.4. The number of carbonyl (C=O) groups is 1. The number of benzene rings is 2. The minimum atomic E-state index is -0.503. The van der Waals surface area contributed by atoms with Crippen molar-refractivity contribution >= 4 is 33.2 Å². The van der Waals surface area contributed by atoms with Crippen molar-refractivity contribution in [3.8, 4) is 16.9 Å². The number of pyridine rings is 1. The molecule has 0 atom stereocenters. The van der Waals surface area contributed by atoms with Crippen molar-refractivity contribution in [1.29, 1.82) is 0 Å². The number of aromatic nitrogens is 4. The largest absolute Gasteiger partial charge is 0.319 e. The lowest BCUT2D eigenvalue weighted by atomic mass is 9.86. The zero-order chi connectivity index (χ0) is 25.6. The van der Waals surface area contributed by atoms with Crippen LogP contribution in [0.15, 0.2) is 77.8 Å². The van der Waals surface area contributed by atoms with Gasteiger partial charge in [0, 0.05) is 40.3 Å². The fourth-order valence-electron chi connectivity index (χ4n) is 4.16. The van der Waals surface area contributed by atoms with E-state index in [0.29, 0.717) is 11.1 Å². The Morgan fingerprint density at radius 3 is 2.61 bits per heavy atom. The van der Waals surface area contributed by atoms with Crippen LogP contribution in [0.2, 0.25) is 0 Å². The fourth-order valence-corrected chi connectivity index (χ4v) is 4.65. The number of fused-ring (bicyclic) bond motifs is 1. The molecule has 8 heteroatoms. The third kappa shape index (κ3) is 4.44. The Hall–Kier alpha value is -3.78. The second-order valence-electron chi connectivity index (χ2n) is 9.77. The molecular formula is C28H25BrFN5O. The van der Waals surface area contributed by atoms with E-state index < -0.39 is 5.82 Å². The summed E-state index contributed by atoms with van der Waals surface area (Å²) >= 11 is 3.50. The molecule has 0 aliphatic carbocycles. The predicted octanol–water partition coefficient (Wildman–Crippen LogP) is 6.95. The van der Waals surface area contributed by atoms with Crippen molar-refractivity contribution < 1.29 is 9.18 Å². The molecule has 0 spiro atoms. The predicted molar refractivity (Wildman–Crippen MR) is 143 cm³/mol. The van der Waals surface area contributed by atoms with E-state index in [4.69, 9.17) is 0 Å². The van der Waals surface area contributed by atoms with Crippen LogP contribution in [0.25, 0.3) is 22.6 Å². The summed E-state index contributed by atoms with van der Waals surface area (Å²) in [5, 5.41) is 2.77. The van der Waals surface area contributed by atoms with Crippen LogP contribution in [-0.2, 0) is 5.41 Å². The maximum atomic E-state index is 15.0. The van der Waals surface area contributed by atoms with Gasteiger partial charge in [0.2, 0.25) is 0 Å². The molecule has 0 aliphatic rings. The first-order valence-electron chi connectivity index (χ1n) is 11.5. The minimum Gasteiger partial charge on any atom is -0.319 e. The smallest absolute Gasteiger partial charge is 0.255 e. The van der Waals surface area contributed by atoms with Crippen LogP contribution in [0, 0.1) is 12.7 Å². The number of aryl methyl sites for hydroxylation is 1. The number of hydrogen-bond acceptors (Lipinski definition) is 3. The quantitative estimate of drug-likeness (QED) is 0.266. The lowest BCUT2D eigenvalue weighted by molar-refractivity contribution is 0.102. The second-order valence-corrected chi connectivity index (χ2v) is 10.7. The first-order chi connectivity index (χ1) is 17.1. The monoisotopic (exact) mass is 545 g/mol. The molecule has 2 aromatic carbocycles. The van der Waals surface area contributed by atoms with E-state index in [1.165, 1.54) is 6.07 Å². The number of nitrogens with one attached hydrogen (secondary N) is 1. The third-order valence-electron chi connectivity index (χ3n) is 6.11. The van der Waals surface area contributed by atoms with Crippen LogP contribution >= 0.6 is 15.9 Å². The first-order valence-corrected chi connectivity index (χ1v) is 12.3. The molecule has 36 heavy (non-hydrogen) atoms. The van der Waals surface area contributed by atoms with E-state index in [1.807, 2.05) is 52.6 Å². The van der Waals surface area contributed by atoms with Crippen molar-refractivity contribution in [1.82, 2.24) is 19.2 Å². The molecule has 5 rings (SSSR count). The summed E-state index contributed by atoms with van der Waals surface area (Å²) < 4.78 is 19.7. The molecular weight excluding hydrogens is 521 g/mol. The van der Waals surface area contributed by atoms with Crippen LogP contribution < -0.4 is 5.32 Å². The molecule has 0 radical (unpaired) electrons. The van der Waals surface area contributed by atoms with Gasteiger partial charge in [-0.1, -0.05) is 36.7 Å². The number of anilines is 1. The van der Waals surface area contributed by atoms with E-state index >= 15 is 4.39 Å². The molecule has 0 unspecified atom stereocenters. The van der Waals surface area contributed by atoms with Gasteiger partial charge in [0.05, 0.1) is 23.3 Å². The Balaban J connectivity index is 1.55. The van der Waals surface area contributed by atoms with Gasteiger partial charge in [0.1, 0.15) is 5.82 Å². The number of carbonyl (C=O) groups excluding carboxylic acids is 1. The fraction of sp³-hybridized carbons (Fsp3) is 0.179. The first kappa shape index (κ1) is 23.9. The van der Waals surface area contributed by atoms with Gasteiger partial charge in [-0.25, -0.2) is 13.9 Å². The standard InChI is InChI=1S/C28H25BrFN5O/c1-17-10-22(30)23(33-27(36)19-11-20(28(2,3)4)13-21(29)12-19)14-24(17)34-9-7-26-32-16-25(35(26)34)18-6-5-8-31-15-18/h5-16H,1-4H3,(H,33,36). The SMILES string of the molecule is Cc1cc(F)c(NC(=O)c2cc(Br)cc(C(C)(C)C)c2)cc1-n1ccc2ncc(-c3cccnc3)n21. The molecule has 182 valence electrons. The van der Waals surface area contributed by atoms with Crippen molar-refractivity contribution in [2.75, 3.05) is 5.32 Å². The average molecular weight is 546 g/mol. The molecule has 3 aromatic heterocycles. The zero-order valence-corrected chi connectivity index (χ0v) is 22.0. The Labute approximate surface area is 216 Å². The van der Waals surface area contributed by atoms with Crippen LogP contribution in [-0.4, -0.2) is 25.1 Å². The molecule has 1 amide bonds. The summed E-state index contributed by atoms with van der Waals surface area (Å²) in [4.78, 5) is 21.9. The van der Waals surface area contributed by atoms with E-state index in [-0.39, 0.29) is 17.0 Å². The van der Waals surface area contributed by atoms with Crippen molar-refractivity contribution in [3.05, 3.63) is 100 Å². The van der Waals surface area contributed by atoms with E-state index in [1.54, 1.807) is 30.7 Å². The van der Waals surface area contributed by atoms with Gasteiger partial charge in [0.15, 0.2) is 5.65 Å². The van der Waals surface area contributed by atoms with Gasteiger partial charge >= 0.3 is 0 Å². The van der Waals surface area contributed by atoms with Gasteiger partial charge in [-0.2, -0.15) is 0 Å². The highest BCUT2D eigenvalue weighted by atomic mass is 79.9. The number of halogens is 2. The van der Waals surface area contributed by atoms with E-state index in [0.717, 1.165) is 32.6 Å². The van der Waals surface area contributed by atoms with E-state index in [2.05, 4.69) is 52.0 Å². The van der Waals surface area contributed by atoms with Gasteiger partial charge in [-0.15, -0.1) is 0 Å². The lowest BCUT2D eigenvalue weighted by Gasteiger charge is -2.20. The zero-order valence-electron chi connectivity index (χ0n) is 20.4. The average Bonchev–Trinajstić information content (AvgIpc) is 3.43. The second kappa shape index (κ2) is 9.02. The summed E-state index contributed by atoms with van der Waals surface area (Å²) in [6.45, 7) is 8.07. The van der Waals surface area contributed by atoms with Gasteiger partial charge < -0.3 is 5.32 Å². The van der Waals surface area contributed by atoms with Crippen LogP contribution in [0.1, 0.15) is 42.3 Å². The minimum absolute atomic E-state index is 0.0998. The van der Waals surface area contributed by atoms with Crippen molar-refractivity contribution in [2.45, 2.75) is 33.1 Å². The molecule has 0 bridgehead atoms. The highest BCUT2D eigenvalue weighted by Crippen LogP contribution is 2.29. The van der Waals surface area contributed by atoms with Gasteiger partial charge in [-0.05, 0) is 65.9 Å². The molecule has 0 saturated carbocycles. The van der Waals surface area contributed by atoms with Crippen molar-refractivity contribution in [3.63, 3.8) is 0 Å². The molecule has 0 aliphatic heterocycles. The molecule has 1 N–H and O–H groups in total. The summed E-state index contributed by atoms with van der Waals surface area (Å²) in [7, 11) is 0. The van der Waals surface area contributed by atoms with E-state index in [9.17, 15) is 4.79 Å². The van der Waals surface area contributed by atoms with Gasteiger partial charge in [-0.3, -0.25) is 14.5 Å². The Kier molecular flexibility index (Phi) is 6.00. The van der Waals surface area contributed by atoms with Crippen LogP contribution in [0.5, 0.6) is 0 Å².